The lowest BCUT2D eigenvalue weighted by Gasteiger charge is -2.27. The summed E-state index contributed by atoms with van der Waals surface area (Å²) in [4.78, 5) is 23.2. The first-order valence-electron chi connectivity index (χ1n) is 11.2. The molecule has 3 heterocycles. The van der Waals surface area contributed by atoms with Gasteiger partial charge in [0.15, 0.2) is 0 Å². The van der Waals surface area contributed by atoms with Gasteiger partial charge in [-0.3, -0.25) is 4.79 Å². The molecule has 1 amide bonds. The van der Waals surface area contributed by atoms with Gasteiger partial charge in [-0.15, -0.1) is 0 Å². The number of para-hydroxylation sites is 1. The zero-order valence-corrected chi connectivity index (χ0v) is 18.2. The van der Waals surface area contributed by atoms with Gasteiger partial charge in [0, 0.05) is 30.4 Å². The number of carbonyl (C=O) groups excluding carboxylic acids is 1. The number of aromatic nitrogens is 2. The Kier molecular flexibility index (Phi) is 6.32. The zero-order chi connectivity index (χ0) is 22.6. The molecule has 0 radical (unpaired) electrons. The lowest BCUT2D eigenvalue weighted by Crippen LogP contribution is -2.41. The van der Waals surface area contributed by atoms with E-state index in [4.69, 9.17) is 9.47 Å². The number of ether oxygens (including phenoxy) is 2. The molecule has 0 bridgehead atoms. The van der Waals surface area contributed by atoms with Crippen LogP contribution in [-0.2, 0) is 4.74 Å². The van der Waals surface area contributed by atoms with Crippen LogP contribution in [-0.4, -0.2) is 66.3 Å². The summed E-state index contributed by atoms with van der Waals surface area (Å²) in [6, 6.07) is 10.2. The van der Waals surface area contributed by atoms with E-state index in [-0.39, 0.29) is 17.6 Å². The number of hydrogen-bond acceptors (Lipinski definition) is 7. The third-order valence-electron chi connectivity index (χ3n) is 5.91. The summed E-state index contributed by atoms with van der Waals surface area (Å²) in [6.07, 6.45) is 3.75. The molecule has 0 atom stereocenters. The molecule has 9 heteroatoms. The third-order valence-corrected chi connectivity index (χ3v) is 5.91. The van der Waals surface area contributed by atoms with Gasteiger partial charge < -0.3 is 25.0 Å². The lowest BCUT2D eigenvalue weighted by molar-refractivity contribution is 0.0300. The summed E-state index contributed by atoms with van der Waals surface area (Å²) < 4.78 is 26.2. The minimum Gasteiger partial charge on any atom is -0.488 e. The van der Waals surface area contributed by atoms with E-state index in [1.807, 2.05) is 18.2 Å². The van der Waals surface area contributed by atoms with Gasteiger partial charge in [-0.1, -0.05) is 12.1 Å². The minimum atomic E-state index is -0.591. The Balaban J connectivity index is 1.34. The van der Waals surface area contributed by atoms with Crippen LogP contribution in [0.1, 0.15) is 23.2 Å². The Morgan fingerprint density at radius 1 is 1.18 bits per heavy atom. The van der Waals surface area contributed by atoms with Gasteiger partial charge in [-0.05, 0) is 50.2 Å². The topological polar surface area (TPSA) is 88.6 Å². The highest BCUT2D eigenvalue weighted by Gasteiger charge is 2.22. The Bertz CT molecular complexity index is 1150. The smallest absolute Gasteiger partial charge is 0.256 e. The van der Waals surface area contributed by atoms with Crippen molar-refractivity contribution < 1.29 is 18.7 Å². The van der Waals surface area contributed by atoms with Gasteiger partial charge >= 0.3 is 0 Å². The van der Waals surface area contributed by atoms with E-state index in [0.29, 0.717) is 49.2 Å². The second-order valence-electron chi connectivity index (χ2n) is 8.18. The standard InChI is InChI=1S/C24H26FN5O3/c25-20-14-17(4-5-19(20)23(31)30-10-12-32-13-11-30)28-24-27-15-16-2-1-3-21(22(16)29-24)33-18-6-8-26-9-7-18/h1-5,14-15,18,26H,6-13H2,(H,27,28,29). The van der Waals surface area contributed by atoms with E-state index >= 15 is 0 Å². The molecule has 0 saturated carbocycles. The molecule has 172 valence electrons. The molecule has 5 rings (SSSR count). The molecule has 2 aliphatic rings. The van der Waals surface area contributed by atoms with E-state index in [1.54, 1.807) is 17.2 Å². The van der Waals surface area contributed by atoms with Gasteiger partial charge in [0.2, 0.25) is 5.95 Å². The van der Waals surface area contributed by atoms with Crippen molar-refractivity contribution in [1.29, 1.82) is 0 Å². The largest absolute Gasteiger partial charge is 0.488 e. The number of piperidine rings is 1. The van der Waals surface area contributed by atoms with Crippen molar-refractivity contribution >= 4 is 28.4 Å². The van der Waals surface area contributed by atoms with Crippen LogP contribution >= 0.6 is 0 Å². The van der Waals surface area contributed by atoms with Crippen LogP contribution in [0.4, 0.5) is 16.0 Å². The Hall–Kier alpha value is -3.30. The monoisotopic (exact) mass is 451 g/mol. The molecule has 3 aromatic rings. The molecular weight excluding hydrogens is 425 g/mol. The molecule has 0 spiro atoms. The van der Waals surface area contributed by atoms with E-state index < -0.39 is 5.82 Å². The highest BCUT2D eigenvalue weighted by atomic mass is 19.1. The maximum absolute atomic E-state index is 14.8. The number of nitrogens with one attached hydrogen (secondary N) is 2. The van der Waals surface area contributed by atoms with Crippen molar-refractivity contribution in [3.63, 3.8) is 0 Å². The number of nitrogens with zero attached hydrogens (tertiary/aromatic N) is 3. The van der Waals surface area contributed by atoms with Crippen molar-refractivity contribution in [2.24, 2.45) is 0 Å². The number of morpholine rings is 1. The minimum absolute atomic E-state index is 0.0412. The summed E-state index contributed by atoms with van der Waals surface area (Å²) in [5.74, 6) is 0.120. The second-order valence-corrected chi connectivity index (χ2v) is 8.18. The van der Waals surface area contributed by atoms with Crippen LogP contribution in [0.15, 0.2) is 42.6 Å². The molecule has 2 aliphatic heterocycles. The predicted octanol–water partition coefficient (Wildman–Crippen LogP) is 3.12. The van der Waals surface area contributed by atoms with Crippen LogP contribution in [0, 0.1) is 5.82 Å². The van der Waals surface area contributed by atoms with E-state index in [0.717, 1.165) is 31.3 Å². The van der Waals surface area contributed by atoms with Gasteiger partial charge in [0.1, 0.15) is 23.2 Å². The number of amides is 1. The molecular formula is C24H26FN5O3. The number of rotatable bonds is 5. The van der Waals surface area contributed by atoms with Gasteiger partial charge in [-0.25, -0.2) is 14.4 Å². The first kappa shape index (κ1) is 21.5. The fraction of sp³-hybridized carbons (Fsp3) is 0.375. The molecule has 2 saturated heterocycles. The summed E-state index contributed by atoms with van der Waals surface area (Å²) in [5.41, 5.74) is 1.20. The summed E-state index contributed by atoms with van der Waals surface area (Å²) in [6.45, 7) is 3.74. The molecule has 1 aromatic heterocycles. The molecule has 33 heavy (non-hydrogen) atoms. The van der Waals surface area contributed by atoms with E-state index in [1.165, 1.54) is 12.1 Å². The van der Waals surface area contributed by atoms with Crippen LogP contribution in [0.25, 0.3) is 10.9 Å². The van der Waals surface area contributed by atoms with Crippen molar-refractivity contribution in [3.05, 3.63) is 54.0 Å². The first-order valence-corrected chi connectivity index (χ1v) is 11.2. The van der Waals surface area contributed by atoms with E-state index in [9.17, 15) is 9.18 Å². The molecule has 2 aromatic carbocycles. The number of hydrogen-bond donors (Lipinski definition) is 2. The van der Waals surface area contributed by atoms with Gasteiger partial charge in [0.25, 0.3) is 5.91 Å². The SMILES string of the molecule is O=C(c1ccc(Nc2ncc3cccc(OC4CCNCC4)c3n2)cc1F)N1CCOCC1. The van der Waals surface area contributed by atoms with Crippen molar-refractivity contribution in [1.82, 2.24) is 20.2 Å². The Morgan fingerprint density at radius 2 is 2.00 bits per heavy atom. The molecule has 8 nitrogen and oxygen atoms in total. The predicted molar refractivity (Wildman–Crippen MR) is 122 cm³/mol. The number of halogens is 1. The maximum Gasteiger partial charge on any atom is 0.256 e. The summed E-state index contributed by atoms with van der Waals surface area (Å²) in [7, 11) is 0. The fourth-order valence-electron chi connectivity index (χ4n) is 4.11. The number of fused-ring (bicyclic) bond motifs is 1. The first-order chi connectivity index (χ1) is 16.2. The average molecular weight is 452 g/mol. The number of benzene rings is 2. The molecule has 2 fully saturated rings. The highest BCUT2D eigenvalue weighted by molar-refractivity contribution is 5.95. The molecule has 0 unspecified atom stereocenters. The summed E-state index contributed by atoms with van der Waals surface area (Å²) >= 11 is 0. The van der Waals surface area contributed by atoms with Crippen LogP contribution in [0.2, 0.25) is 0 Å². The van der Waals surface area contributed by atoms with Crippen LogP contribution < -0.4 is 15.4 Å². The maximum atomic E-state index is 14.8. The van der Waals surface area contributed by atoms with Crippen LogP contribution in [0.5, 0.6) is 5.75 Å². The fourth-order valence-corrected chi connectivity index (χ4v) is 4.11. The Morgan fingerprint density at radius 3 is 2.79 bits per heavy atom. The van der Waals surface area contributed by atoms with Crippen molar-refractivity contribution in [3.8, 4) is 5.75 Å². The van der Waals surface area contributed by atoms with Crippen molar-refractivity contribution in [2.45, 2.75) is 18.9 Å². The normalized spacial score (nSPS) is 17.2. The third kappa shape index (κ3) is 4.89. The van der Waals surface area contributed by atoms with Crippen molar-refractivity contribution in [2.75, 3.05) is 44.7 Å². The Labute approximate surface area is 191 Å². The molecule has 2 N–H and O–H groups in total. The summed E-state index contributed by atoms with van der Waals surface area (Å²) in [5, 5.41) is 7.24. The molecule has 0 aliphatic carbocycles. The van der Waals surface area contributed by atoms with Crippen LogP contribution in [0.3, 0.4) is 0 Å². The number of anilines is 2. The van der Waals surface area contributed by atoms with Gasteiger partial charge in [-0.2, -0.15) is 0 Å². The van der Waals surface area contributed by atoms with Gasteiger partial charge in [0.05, 0.1) is 18.8 Å². The highest BCUT2D eigenvalue weighted by Crippen LogP contribution is 2.27. The number of carbonyl (C=O) groups is 1. The zero-order valence-electron chi connectivity index (χ0n) is 18.2. The quantitative estimate of drug-likeness (QED) is 0.616. The lowest BCUT2D eigenvalue weighted by atomic mass is 10.1. The average Bonchev–Trinajstić information content (AvgIpc) is 2.85. The van der Waals surface area contributed by atoms with E-state index in [2.05, 4.69) is 20.6 Å². The second kappa shape index (κ2) is 9.68.